The number of thiazole rings is 1. The van der Waals surface area contributed by atoms with E-state index >= 15 is 0 Å². The van der Waals surface area contributed by atoms with Crippen LogP contribution in [0.5, 0.6) is 0 Å². The zero-order chi connectivity index (χ0) is 14.7. The number of amides is 1. The van der Waals surface area contributed by atoms with Gasteiger partial charge >= 0.3 is 0 Å². The fourth-order valence-corrected chi connectivity index (χ4v) is 3.20. The number of nitrogen functional groups attached to an aromatic ring is 1. The summed E-state index contributed by atoms with van der Waals surface area (Å²) in [6.45, 7) is 4.78. The summed E-state index contributed by atoms with van der Waals surface area (Å²) in [5.41, 5.74) is 7.64. The second-order valence-electron chi connectivity index (χ2n) is 4.33. The molecule has 0 unspecified atom stereocenters. The zero-order valence-corrected chi connectivity index (χ0v) is 13.3. The summed E-state index contributed by atoms with van der Waals surface area (Å²) >= 11 is 2.77. The van der Waals surface area contributed by atoms with Gasteiger partial charge < -0.3 is 16.0 Å². The summed E-state index contributed by atoms with van der Waals surface area (Å²) in [5.74, 6) is 0.476. The van der Waals surface area contributed by atoms with Gasteiger partial charge in [0.05, 0.1) is 12.1 Å². The topological polar surface area (TPSA) is 84.1 Å². The van der Waals surface area contributed by atoms with E-state index in [2.05, 4.69) is 14.7 Å². The second kappa shape index (κ2) is 6.19. The standard InChI is InChI=1S/C12H17N5OS2/c1-4-17(3)8(18)5-14-11-9(10(13)16-20-11)12-15-7(2)6-19-12/h6,14H,4-5H2,1-3H3,(H2,13,16). The number of hydrogen-bond acceptors (Lipinski definition) is 7. The van der Waals surface area contributed by atoms with Crippen molar-refractivity contribution < 1.29 is 4.79 Å². The fourth-order valence-electron chi connectivity index (χ4n) is 1.57. The lowest BCUT2D eigenvalue weighted by atomic mass is 10.3. The Bertz CT molecular complexity index is 607. The van der Waals surface area contributed by atoms with Gasteiger partial charge in [0.2, 0.25) is 5.91 Å². The number of nitrogens with two attached hydrogens (primary N) is 1. The number of likely N-dealkylation sites (N-methyl/N-ethyl adjacent to an activating group) is 1. The van der Waals surface area contributed by atoms with E-state index in [1.54, 1.807) is 11.9 Å². The highest BCUT2D eigenvalue weighted by atomic mass is 32.1. The van der Waals surface area contributed by atoms with Gasteiger partial charge in [0.15, 0.2) is 0 Å². The smallest absolute Gasteiger partial charge is 0.241 e. The van der Waals surface area contributed by atoms with Crippen molar-refractivity contribution in [3.05, 3.63) is 11.1 Å². The van der Waals surface area contributed by atoms with Gasteiger partial charge in [0.1, 0.15) is 15.8 Å². The summed E-state index contributed by atoms with van der Waals surface area (Å²) in [6.07, 6.45) is 0. The van der Waals surface area contributed by atoms with Crippen LogP contribution in [0.25, 0.3) is 10.6 Å². The van der Waals surface area contributed by atoms with Crippen molar-refractivity contribution >= 4 is 39.6 Å². The van der Waals surface area contributed by atoms with Gasteiger partial charge in [-0.1, -0.05) is 0 Å². The minimum absolute atomic E-state index is 0.0285. The van der Waals surface area contributed by atoms with Crippen LogP contribution in [-0.2, 0) is 4.79 Å². The molecule has 8 heteroatoms. The van der Waals surface area contributed by atoms with Gasteiger partial charge in [-0.25, -0.2) is 4.98 Å². The highest BCUT2D eigenvalue weighted by molar-refractivity contribution is 7.15. The Hall–Kier alpha value is -1.67. The zero-order valence-electron chi connectivity index (χ0n) is 11.6. The third kappa shape index (κ3) is 3.07. The van der Waals surface area contributed by atoms with E-state index in [9.17, 15) is 4.79 Å². The Morgan fingerprint density at radius 3 is 2.90 bits per heavy atom. The predicted molar refractivity (Wildman–Crippen MR) is 84.2 cm³/mol. The fraction of sp³-hybridized carbons (Fsp3) is 0.417. The lowest BCUT2D eigenvalue weighted by Crippen LogP contribution is -2.31. The van der Waals surface area contributed by atoms with Gasteiger partial charge in [-0.3, -0.25) is 4.79 Å². The van der Waals surface area contributed by atoms with Crippen LogP contribution < -0.4 is 11.1 Å². The molecule has 20 heavy (non-hydrogen) atoms. The minimum atomic E-state index is 0.0285. The van der Waals surface area contributed by atoms with E-state index < -0.39 is 0 Å². The first-order chi connectivity index (χ1) is 9.52. The van der Waals surface area contributed by atoms with Crippen molar-refractivity contribution in [1.29, 1.82) is 0 Å². The number of rotatable bonds is 5. The second-order valence-corrected chi connectivity index (χ2v) is 5.96. The summed E-state index contributed by atoms with van der Waals surface area (Å²) < 4.78 is 4.14. The van der Waals surface area contributed by atoms with E-state index in [4.69, 9.17) is 5.73 Å². The summed E-state index contributed by atoms with van der Waals surface area (Å²) in [7, 11) is 1.77. The van der Waals surface area contributed by atoms with E-state index in [1.165, 1.54) is 22.9 Å². The monoisotopic (exact) mass is 311 g/mol. The summed E-state index contributed by atoms with van der Waals surface area (Å²) in [6, 6.07) is 0. The Morgan fingerprint density at radius 2 is 2.30 bits per heavy atom. The van der Waals surface area contributed by atoms with Crippen LogP contribution in [-0.4, -0.2) is 40.3 Å². The molecule has 0 saturated carbocycles. The van der Waals surface area contributed by atoms with E-state index in [-0.39, 0.29) is 12.5 Å². The van der Waals surface area contributed by atoms with Crippen molar-refractivity contribution in [2.24, 2.45) is 0 Å². The maximum atomic E-state index is 11.8. The molecule has 0 spiro atoms. The van der Waals surface area contributed by atoms with Gasteiger partial charge in [-0.15, -0.1) is 11.3 Å². The Balaban J connectivity index is 2.16. The van der Waals surface area contributed by atoms with Crippen LogP contribution in [0.4, 0.5) is 10.8 Å². The maximum Gasteiger partial charge on any atom is 0.241 e. The Labute approximate surface area is 125 Å². The van der Waals surface area contributed by atoms with Crippen LogP contribution in [0.1, 0.15) is 12.6 Å². The molecular weight excluding hydrogens is 294 g/mol. The highest BCUT2D eigenvalue weighted by Crippen LogP contribution is 2.38. The molecule has 0 aliphatic heterocycles. The molecule has 0 aliphatic carbocycles. The van der Waals surface area contributed by atoms with Gasteiger partial charge in [0, 0.05) is 24.7 Å². The molecule has 0 radical (unpaired) electrons. The number of aryl methyl sites for hydroxylation is 1. The number of carbonyl (C=O) groups excluding carboxylic acids is 1. The highest BCUT2D eigenvalue weighted by Gasteiger charge is 2.17. The molecule has 1 amide bonds. The SMILES string of the molecule is CCN(C)C(=O)CNc1snc(N)c1-c1nc(C)cs1. The minimum Gasteiger partial charge on any atom is -0.382 e. The van der Waals surface area contributed by atoms with Crippen molar-refractivity contribution in [2.75, 3.05) is 31.2 Å². The molecule has 0 aromatic carbocycles. The van der Waals surface area contributed by atoms with Crippen LogP contribution in [0.3, 0.4) is 0 Å². The molecule has 108 valence electrons. The number of carbonyl (C=O) groups is 1. The molecule has 0 saturated heterocycles. The maximum absolute atomic E-state index is 11.8. The average molecular weight is 311 g/mol. The molecule has 0 aliphatic rings. The Kier molecular flexibility index (Phi) is 4.56. The van der Waals surface area contributed by atoms with E-state index in [0.717, 1.165) is 21.3 Å². The number of anilines is 2. The van der Waals surface area contributed by atoms with Crippen LogP contribution in [0.2, 0.25) is 0 Å². The predicted octanol–water partition coefficient (Wildman–Crippen LogP) is 2.05. The molecular formula is C12H17N5OS2. The lowest BCUT2D eigenvalue weighted by Gasteiger charge is -2.14. The van der Waals surface area contributed by atoms with Crippen molar-refractivity contribution in [2.45, 2.75) is 13.8 Å². The van der Waals surface area contributed by atoms with Crippen molar-refractivity contribution in [1.82, 2.24) is 14.3 Å². The third-order valence-corrected chi connectivity index (χ3v) is 4.65. The van der Waals surface area contributed by atoms with Crippen molar-refractivity contribution in [3.63, 3.8) is 0 Å². The first-order valence-electron chi connectivity index (χ1n) is 6.18. The van der Waals surface area contributed by atoms with E-state index in [0.29, 0.717) is 12.4 Å². The lowest BCUT2D eigenvalue weighted by molar-refractivity contribution is -0.127. The average Bonchev–Trinajstić information content (AvgIpc) is 3.01. The van der Waals surface area contributed by atoms with E-state index in [1.807, 2.05) is 19.2 Å². The number of nitrogens with one attached hydrogen (secondary N) is 1. The normalized spacial score (nSPS) is 10.6. The largest absolute Gasteiger partial charge is 0.382 e. The van der Waals surface area contributed by atoms with Crippen LogP contribution >= 0.6 is 22.9 Å². The molecule has 2 rings (SSSR count). The molecule has 0 bridgehead atoms. The van der Waals surface area contributed by atoms with Crippen LogP contribution in [0, 0.1) is 6.92 Å². The van der Waals surface area contributed by atoms with Crippen LogP contribution in [0.15, 0.2) is 5.38 Å². The number of hydrogen-bond donors (Lipinski definition) is 2. The Morgan fingerprint density at radius 1 is 1.55 bits per heavy atom. The summed E-state index contributed by atoms with van der Waals surface area (Å²) in [5, 5.41) is 6.69. The third-order valence-electron chi connectivity index (χ3n) is 2.85. The van der Waals surface area contributed by atoms with Crippen molar-refractivity contribution in [3.8, 4) is 10.6 Å². The molecule has 6 nitrogen and oxygen atoms in total. The number of aromatic nitrogens is 2. The number of nitrogens with zero attached hydrogens (tertiary/aromatic N) is 3. The van der Waals surface area contributed by atoms with Gasteiger partial charge in [-0.05, 0) is 25.4 Å². The molecule has 0 fully saturated rings. The molecule has 3 N–H and O–H groups in total. The summed E-state index contributed by atoms with van der Waals surface area (Å²) in [4.78, 5) is 17.9. The first-order valence-corrected chi connectivity index (χ1v) is 7.83. The first kappa shape index (κ1) is 14.7. The molecule has 0 atom stereocenters. The van der Waals surface area contributed by atoms with Gasteiger partial charge in [0.25, 0.3) is 0 Å². The molecule has 2 aromatic rings. The van der Waals surface area contributed by atoms with Gasteiger partial charge in [-0.2, -0.15) is 4.37 Å². The molecule has 2 aromatic heterocycles. The molecule has 2 heterocycles. The quantitative estimate of drug-likeness (QED) is 0.883.